The first-order chi connectivity index (χ1) is 8.54. The van der Waals surface area contributed by atoms with Gasteiger partial charge in [-0.3, -0.25) is 0 Å². The first-order valence-corrected chi connectivity index (χ1v) is 6.81. The highest BCUT2D eigenvalue weighted by atomic mass is 16.7. The molecule has 2 N–H and O–H groups in total. The predicted molar refractivity (Wildman–Crippen MR) is 74.8 cm³/mol. The van der Waals surface area contributed by atoms with Crippen molar-refractivity contribution in [2.75, 3.05) is 6.61 Å². The molecule has 0 aromatic heterocycles. The van der Waals surface area contributed by atoms with Crippen LogP contribution < -0.4 is 5.73 Å². The van der Waals surface area contributed by atoms with Gasteiger partial charge in [-0.25, -0.2) is 4.79 Å². The van der Waals surface area contributed by atoms with Crippen LogP contribution in [0.1, 0.15) is 54.9 Å². The number of hydrogen-bond donors (Lipinski definition) is 1. The summed E-state index contributed by atoms with van der Waals surface area (Å²) in [6.45, 7) is 13.6. The minimum absolute atomic E-state index is 0.197. The van der Waals surface area contributed by atoms with Crippen molar-refractivity contribution in [2.45, 2.75) is 72.8 Å². The quantitative estimate of drug-likeness (QED) is 0.571. The van der Waals surface area contributed by atoms with E-state index in [-0.39, 0.29) is 17.7 Å². The van der Waals surface area contributed by atoms with Gasteiger partial charge in [-0.05, 0) is 34.1 Å². The smallest absolute Gasteiger partial charge is 0.432 e. The third-order valence-corrected chi connectivity index (χ3v) is 3.45. The van der Waals surface area contributed by atoms with Crippen molar-refractivity contribution in [2.24, 2.45) is 11.1 Å². The second-order valence-corrected chi connectivity index (χ2v) is 6.00. The molecule has 0 saturated carbocycles. The fourth-order valence-corrected chi connectivity index (χ4v) is 1.58. The average Bonchev–Trinajstić information content (AvgIpc) is 2.24. The van der Waals surface area contributed by atoms with Crippen LogP contribution in [-0.4, -0.2) is 30.7 Å². The molecule has 5 heteroatoms. The lowest BCUT2D eigenvalue weighted by Crippen LogP contribution is -2.49. The van der Waals surface area contributed by atoms with Gasteiger partial charge in [0.2, 0.25) is 0 Å². The summed E-state index contributed by atoms with van der Waals surface area (Å²) in [7, 11) is 0. The Morgan fingerprint density at radius 3 is 2.11 bits per heavy atom. The van der Waals surface area contributed by atoms with Crippen LogP contribution in [0.15, 0.2) is 0 Å². The minimum atomic E-state index is -0.673. The fraction of sp³-hybridized carbons (Fsp3) is 0.929. The van der Waals surface area contributed by atoms with Crippen LogP contribution in [0.2, 0.25) is 0 Å². The number of rotatable bonds is 7. The maximum absolute atomic E-state index is 11.7. The lowest BCUT2D eigenvalue weighted by molar-refractivity contribution is -0.128. The summed E-state index contributed by atoms with van der Waals surface area (Å²) < 4.78 is 16.0. The van der Waals surface area contributed by atoms with E-state index in [0.29, 0.717) is 13.0 Å². The standard InChI is InChI=1S/C14H29NO4/c1-8-14(7,19-12(16)18-10(2)3)13(5,6)9-17-11(4)15/h10-11H,8-9,15H2,1-7H3. The van der Waals surface area contributed by atoms with Crippen LogP contribution in [0.4, 0.5) is 4.79 Å². The van der Waals surface area contributed by atoms with Gasteiger partial charge in [0.05, 0.1) is 12.7 Å². The molecule has 0 aromatic carbocycles. The summed E-state index contributed by atoms with van der Waals surface area (Å²) in [5.74, 6) is 0. The van der Waals surface area contributed by atoms with E-state index in [0.717, 1.165) is 0 Å². The van der Waals surface area contributed by atoms with E-state index >= 15 is 0 Å². The molecule has 0 rings (SSSR count). The molecule has 5 nitrogen and oxygen atoms in total. The second-order valence-electron chi connectivity index (χ2n) is 6.00. The summed E-state index contributed by atoms with van der Waals surface area (Å²) in [5, 5.41) is 0. The number of carbonyl (C=O) groups is 1. The molecule has 0 bridgehead atoms. The Bertz CT molecular complexity index is 289. The molecule has 19 heavy (non-hydrogen) atoms. The molecule has 0 aliphatic carbocycles. The molecular weight excluding hydrogens is 246 g/mol. The molecule has 0 amide bonds. The first-order valence-electron chi connectivity index (χ1n) is 6.81. The Morgan fingerprint density at radius 1 is 1.21 bits per heavy atom. The maximum atomic E-state index is 11.7. The van der Waals surface area contributed by atoms with Gasteiger partial charge in [0.15, 0.2) is 0 Å². The van der Waals surface area contributed by atoms with Gasteiger partial charge in [-0.2, -0.15) is 0 Å². The van der Waals surface area contributed by atoms with Crippen molar-refractivity contribution in [3.05, 3.63) is 0 Å². The molecule has 0 fully saturated rings. The van der Waals surface area contributed by atoms with Crippen molar-refractivity contribution in [1.82, 2.24) is 0 Å². The molecule has 0 aliphatic rings. The number of carbonyl (C=O) groups excluding carboxylic acids is 1. The third kappa shape index (κ3) is 5.78. The number of ether oxygens (including phenoxy) is 3. The van der Waals surface area contributed by atoms with Gasteiger partial charge in [0.1, 0.15) is 11.8 Å². The first kappa shape index (κ1) is 18.2. The molecule has 0 radical (unpaired) electrons. The zero-order valence-corrected chi connectivity index (χ0v) is 13.3. The number of nitrogens with two attached hydrogens (primary N) is 1. The summed E-state index contributed by atoms with van der Waals surface area (Å²) in [6, 6.07) is 0. The predicted octanol–water partition coefficient (Wildman–Crippen LogP) is 3.06. The SMILES string of the molecule is CCC(C)(OC(=O)OC(C)C)C(C)(C)COC(C)N. The molecule has 2 unspecified atom stereocenters. The molecule has 0 aromatic rings. The molecule has 114 valence electrons. The van der Waals surface area contributed by atoms with Crippen molar-refractivity contribution in [3.63, 3.8) is 0 Å². The molecule has 0 heterocycles. The fourth-order valence-electron chi connectivity index (χ4n) is 1.58. The van der Waals surface area contributed by atoms with E-state index in [2.05, 4.69) is 0 Å². The van der Waals surface area contributed by atoms with Crippen LogP contribution in [0.3, 0.4) is 0 Å². The highest BCUT2D eigenvalue weighted by Gasteiger charge is 2.44. The normalized spacial score (nSPS) is 16.9. The van der Waals surface area contributed by atoms with Crippen LogP contribution in [0, 0.1) is 5.41 Å². The summed E-state index contributed by atoms with van der Waals surface area (Å²) in [4.78, 5) is 11.7. The Kier molecular flexibility index (Phi) is 6.80. The monoisotopic (exact) mass is 275 g/mol. The minimum Gasteiger partial charge on any atom is -0.432 e. The van der Waals surface area contributed by atoms with E-state index in [1.807, 2.05) is 27.7 Å². The van der Waals surface area contributed by atoms with Crippen molar-refractivity contribution < 1.29 is 19.0 Å². The van der Waals surface area contributed by atoms with E-state index < -0.39 is 11.8 Å². The Morgan fingerprint density at radius 2 is 1.74 bits per heavy atom. The van der Waals surface area contributed by atoms with Crippen molar-refractivity contribution >= 4 is 6.16 Å². The largest absolute Gasteiger partial charge is 0.509 e. The summed E-state index contributed by atoms with van der Waals surface area (Å²) >= 11 is 0. The van der Waals surface area contributed by atoms with Gasteiger partial charge in [0, 0.05) is 5.41 Å². The summed E-state index contributed by atoms with van der Waals surface area (Å²) in [6.07, 6.45) is -0.525. The van der Waals surface area contributed by atoms with Gasteiger partial charge in [-0.1, -0.05) is 20.8 Å². The van der Waals surface area contributed by atoms with Gasteiger partial charge >= 0.3 is 6.16 Å². The molecular formula is C14H29NO4. The Labute approximate surface area is 116 Å². The number of hydrogen-bond acceptors (Lipinski definition) is 5. The highest BCUT2D eigenvalue weighted by Crippen LogP contribution is 2.37. The lowest BCUT2D eigenvalue weighted by atomic mass is 9.75. The second kappa shape index (κ2) is 7.10. The van der Waals surface area contributed by atoms with Crippen LogP contribution in [0.25, 0.3) is 0 Å². The van der Waals surface area contributed by atoms with Crippen molar-refractivity contribution in [3.8, 4) is 0 Å². The molecule has 2 atom stereocenters. The molecule has 0 saturated heterocycles. The Balaban J connectivity index is 4.77. The molecule has 0 aliphatic heterocycles. The van der Waals surface area contributed by atoms with Crippen LogP contribution in [-0.2, 0) is 14.2 Å². The molecule has 0 spiro atoms. The Hall–Kier alpha value is -0.810. The highest BCUT2D eigenvalue weighted by molar-refractivity contribution is 5.60. The maximum Gasteiger partial charge on any atom is 0.509 e. The van der Waals surface area contributed by atoms with Gasteiger partial charge in [0.25, 0.3) is 0 Å². The third-order valence-electron chi connectivity index (χ3n) is 3.45. The van der Waals surface area contributed by atoms with E-state index in [1.54, 1.807) is 20.8 Å². The average molecular weight is 275 g/mol. The van der Waals surface area contributed by atoms with Crippen LogP contribution >= 0.6 is 0 Å². The topological polar surface area (TPSA) is 70.8 Å². The zero-order chi connectivity index (χ0) is 15.3. The van der Waals surface area contributed by atoms with Gasteiger partial charge in [-0.15, -0.1) is 0 Å². The van der Waals surface area contributed by atoms with Crippen molar-refractivity contribution in [1.29, 1.82) is 0 Å². The van der Waals surface area contributed by atoms with Crippen LogP contribution in [0.5, 0.6) is 0 Å². The van der Waals surface area contributed by atoms with E-state index in [9.17, 15) is 4.79 Å². The lowest BCUT2D eigenvalue weighted by Gasteiger charge is -2.42. The zero-order valence-electron chi connectivity index (χ0n) is 13.3. The van der Waals surface area contributed by atoms with E-state index in [4.69, 9.17) is 19.9 Å². The van der Waals surface area contributed by atoms with E-state index in [1.165, 1.54) is 0 Å². The van der Waals surface area contributed by atoms with Gasteiger partial charge < -0.3 is 19.9 Å². The summed E-state index contributed by atoms with van der Waals surface area (Å²) in [5.41, 5.74) is 4.55.